The van der Waals surface area contributed by atoms with Crippen LogP contribution in [-0.2, 0) is 4.79 Å². The maximum atomic E-state index is 11.5. The molecule has 0 aromatic heterocycles. The van der Waals surface area contributed by atoms with Crippen molar-refractivity contribution in [1.82, 2.24) is 0 Å². The van der Waals surface area contributed by atoms with Gasteiger partial charge in [0.1, 0.15) is 5.69 Å². The summed E-state index contributed by atoms with van der Waals surface area (Å²) in [5, 5.41) is 21.9. The molecule has 7 nitrogen and oxygen atoms in total. The Kier molecular flexibility index (Phi) is 4.34. The summed E-state index contributed by atoms with van der Waals surface area (Å²) in [6.07, 6.45) is 0.426. The molecule has 1 aromatic carbocycles. The number of nitrogens with zero attached hydrogens (tertiary/aromatic N) is 2. The number of anilines is 1. The van der Waals surface area contributed by atoms with E-state index < -0.39 is 16.9 Å². The van der Waals surface area contributed by atoms with E-state index in [0.29, 0.717) is 6.42 Å². The van der Waals surface area contributed by atoms with E-state index in [0.717, 1.165) is 6.07 Å². The molecule has 1 amide bonds. The molecule has 1 rings (SSSR count). The largest absolute Gasteiger partial charge is 0.320 e. The minimum absolute atomic E-state index is 0.0351. The summed E-state index contributed by atoms with van der Waals surface area (Å²) in [5.41, 5.74) is 5.37. The Morgan fingerprint density at radius 1 is 1.67 bits per heavy atom. The maximum Gasteiger partial charge on any atom is 0.294 e. The highest BCUT2D eigenvalue weighted by atomic mass is 16.6. The van der Waals surface area contributed by atoms with Crippen LogP contribution >= 0.6 is 0 Å². The topological polar surface area (TPSA) is 122 Å². The highest BCUT2D eigenvalue weighted by molar-refractivity contribution is 5.96. The van der Waals surface area contributed by atoms with Gasteiger partial charge in [-0.15, -0.1) is 0 Å². The second kappa shape index (κ2) is 5.75. The van der Waals surface area contributed by atoms with E-state index in [-0.39, 0.29) is 16.9 Å². The number of carbonyl (C=O) groups is 1. The van der Waals surface area contributed by atoms with Crippen molar-refractivity contribution in [1.29, 1.82) is 5.26 Å². The Hall–Kier alpha value is -2.46. The van der Waals surface area contributed by atoms with E-state index >= 15 is 0 Å². The number of amides is 1. The number of hydrogen-bond acceptors (Lipinski definition) is 5. The third kappa shape index (κ3) is 3.02. The molecular weight excluding hydrogens is 236 g/mol. The van der Waals surface area contributed by atoms with Crippen molar-refractivity contribution in [2.75, 3.05) is 5.32 Å². The van der Waals surface area contributed by atoms with E-state index in [1.807, 2.05) is 0 Å². The Bertz CT molecular complexity index is 522. The summed E-state index contributed by atoms with van der Waals surface area (Å²) >= 11 is 0. The summed E-state index contributed by atoms with van der Waals surface area (Å²) in [5.74, 6) is -0.495. The van der Waals surface area contributed by atoms with Gasteiger partial charge in [-0.1, -0.05) is 6.92 Å². The Labute approximate surface area is 103 Å². The molecule has 1 atom stereocenters. The lowest BCUT2D eigenvalue weighted by atomic mass is 10.1. The van der Waals surface area contributed by atoms with Gasteiger partial charge in [-0.2, -0.15) is 5.26 Å². The number of benzene rings is 1. The van der Waals surface area contributed by atoms with Gasteiger partial charge in [0.05, 0.1) is 22.6 Å². The number of nitriles is 1. The van der Waals surface area contributed by atoms with E-state index in [1.54, 1.807) is 13.0 Å². The third-order valence-electron chi connectivity index (χ3n) is 2.36. The summed E-state index contributed by atoms with van der Waals surface area (Å²) < 4.78 is 0. The number of rotatable bonds is 4. The molecule has 0 fully saturated rings. The monoisotopic (exact) mass is 248 g/mol. The molecule has 3 N–H and O–H groups in total. The number of nitrogens with two attached hydrogens (primary N) is 1. The molecule has 0 saturated carbocycles. The SMILES string of the molecule is CC[C@@H](N)C(=O)Nc1ccc(C#N)cc1[N+](=O)[O-]. The average molecular weight is 248 g/mol. The van der Waals surface area contributed by atoms with Crippen LogP contribution in [0.1, 0.15) is 18.9 Å². The second-order valence-corrected chi connectivity index (χ2v) is 3.60. The van der Waals surface area contributed by atoms with Gasteiger partial charge in [-0.25, -0.2) is 0 Å². The zero-order chi connectivity index (χ0) is 13.7. The first kappa shape index (κ1) is 13.6. The molecule has 0 aliphatic rings. The van der Waals surface area contributed by atoms with Crippen molar-refractivity contribution in [3.63, 3.8) is 0 Å². The van der Waals surface area contributed by atoms with Crippen LogP contribution in [0.5, 0.6) is 0 Å². The van der Waals surface area contributed by atoms with Crippen molar-refractivity contribution < 1.29 is 9.72 Å². The predicted octanol–water partition coefficient (Wildman–Crippen LogP) is 1.14. The lowest BCUT2D eigenvalue weighted by Gasteiger charge is -2.10. The van der Waals surface area contributed by atoms with Crippen LogP contribution in [0.3, 0.4) is 0 Å². The van der Waals surface area contributed by atoms with Gasteiger partial charge in [-0.05, 0) is 18.6 Å². The van der Waals surface area contributed by atoms with Crippen molar-refractivity contribution in [3.05, 3.63) is 33.9 Å². The molecule has 0 bridgehead atoms. The Morgan fingerprint density at radius 2 is 2.33 bits per heavy atom. The van der Waals surface area contributed by atoms with Gasteiger partial charge in [0.15, 0.2) is 0 Å². The van der Waals surface area contributed by atoms with E-state index in [2.05, 4.69) is 5.32 Å². The quantitative estimate of drug-likeness (QED) is 0.611. The third-order valence-corrected chi connectivity index (χ3v) is 2.36. The first-order valence-corrected chi connectivity index (χ1v) is 5.24. The minimum atomic E-state index is -0.722. The molecule has 0 heterocycles. The standard InChI is InChI=1S/C11H12N4O3/c1-2-8(13)11(16)14-9-4-3-7(6-12)5-10(9)15(17)18/h3-5,8H,2,13H2,1H3,(H,14,16)/t8-/m1/s1. The highest BCUT2D eigenvalue weighted by Crippen LogP contribution is 2.25. The molecule has 18 heavy (non-hydrogen) atoms. The van der Waals surface area contributed by atoms with Crippen LogP contribution in [0.15, 0.2) is 18.2 Å². The maximum absolute atomic E-state index is 11.5. The fraction of sp³-hybridized carbons (Fsp3) is 0.273. The first-order chi connectivity index (χ1) is 8.49. The van der Waals surface area contributed by atoms with E-state index in [1.165, 1.54) is 12.1 Å². The van der Waals surface area contributed by atoms with Gasteiger partial charge in [0.25, 0.3) is 5.69 Å². The van der Waals surface area contributed by atoms with Crippen LogP contribution in [-0.4, -0.2) is 16.9 Å². The Morgan fingerprint density at radius 3 is 2.83 bits per heavy atom. The number of hydrogen-bond donors (Lipinski definition) is 2. The molecule has 0 aliphatic carbocycles. The minimum Gasteiger partial charge on any atom is -0.320 e. The van der Waals surface area contributed by atoms with Gasteiger partial charge in [0, 0.05) is 6.07 Å². The molecule has 0 spiro atoms. The van der Waals surface area contributed by atoms with Crippen LogP contribution in [0.2, 0.25) is 0 Å². The molecule has 7 heteroatoms. The van der Waals surface area contributed by atoms with Crippen molar-refractivity contribution in [3.8, 4) is 6.07 Å². The molecule has 0 aliphatic heterocycles. The number of nitrogens with one attached hydrogen (secondary N) is 1. The number of nitro groups is 1. The first-order valence-electron chi connectivity index (χ1n) is 5.24. The predicted molar refractivity (Wildman–Crippen MR) is 64.7 cm³/mol. The van der Waals surface area contributed by atoms with Crippen molar-refractivity contribution in [2.45, 2.75) is 19.4 Å². The fourth-order valence-electron chi connectivity index (χ4n) is 1.27. The summed E-state index contributed by atoms with van der Waals surface area (Å²) in [7, 11) is 0. The number of nitro benzene ring substituents is 1. The molecular formula is C11H12N4O3. The van der Waals surface area contributed by atoms with Crippen LogP contribution in [0.4, 0.5) is 11.4 Å². The van der Waals surface area contributed by atoms with Gasteiger partial charge in [0.2, 0.25) is 5.91 Å². The van der Waals surface area contributed by atoms with Gasteiger partial charge in [-0.3, -0.25) is 14.9 Å². The van der Waals surface area contributed by atoms with E-state index in [9.17, 15) is 14.9 Å². The number of carbonyl (C=O) groups excluding carboxylic acids is 1. The van der Waals surface area contributed by atoms with E-state index in [4.69, 9.17) is 11.0 Å². The van der Waals surface area contributed by atoms with Crippen molar-refractivity contribution in [2.24, 2.45) is 5.73 Å². The fourth-order valence-corrected chi connectivity index (χ4v) is 1.27. The molecule has 0 unspecified atom stereocenters. The normalized spacial score (nSPS) is 11.4. The lowest BCUT2D eigenvalue weighted by molar-refractivity contribution is -0.383. The smallest absolute Gasteiger partial charge is 0.294 e. The zero-order valence-corrected chi connectivity index (χ0v) is 9.71. The average Bonchev–Trinajstić information content (AvgIpc) is 2.37. The van der Waals surface area contributed by atoms with Crippen LogP contribution in [0.25, 0.3) is 0 Å². The second-order valence-electron chi connectivity index (χ2n) is 3.60. The highest BCUT2D eigenvalue weighted by Gasteiger charge is 2.19. The van der Waals surface area contributed by atoms with Crippen molar-refractivity contribution >= 4 is 17.3 Å². The van der Waals surface area contributed by atoms with Gasteiger partial charge < -0.3 is 11.1 Å². The Balaban J connectivity index is 3.06. The summed E-state index contributed by atoms with van der Waals surface area (Å²) in [4.78, 5) is 21.7. The zero-order valence-electron chi connectivity index (χ0n) is 9.71. The molecule has 0 saturated heterocycles. The summed E-state index contributed by atoms with van der Waals surface area (Å²) in [6.45, 7) is 1.73. The van der Waals surface area contributed by atoms with Gasteiger partial charge >= 0.3 is 0 Å². The lowest BCUT2D eigenvalue weighted by Crippen LogP contribution is -2.34. The van der Waals surface area contributed by atoms with Crippen LogP contribution < -0.4 is 11.1 Å². The van der Waals surface area contributed by atoms with Crippen LogP contribution in [0, 0.1) is 21.4 Å². The molecule has 0 radical (unpaired) electrons. The molecule has 1 aromatic rings. The molecule has 94 valence electrons. The summed E-state index contributed by atoms with van der Waals surface area (Å²) in [6, 6.07) is 4.88.